The summed E-state index contributed by atoms with van der Waals surface area (Å²) >= 11 is 0. The van der Waals surface area contributed by atoms with Gasteiger partial charge in [0, 0.05) is 31.6 Å². The van der Waals surface area contributed by atoms with Gasteiger partial charge in [-0.3, -0.25) is 9.69 Å². The number of carbonyl (C=O) groups is 1. The van der Waals surface area contributed by atoms with Gasteiger partial charge in [0.2, 0.25) is 5.91 Å². The van der Waals surface area contributed by atoms with Crippen LogP contribution in [0.5, 0.6) is 0 Å². The summed E-state index contributed by atoms with van der Waals surface area (Å²) in [5.41, 5.74) is 5.93. The number of likely N-dealkylation sites (N-methyl/N-ethyl adjacent to an activating group) is 1. The van der Waals surface area contributed by atoms with Crippen LogP contribution in [0.3, 0.4) is 0 Å². The van der Waals surface area contributed by atoms with E-state index in [2.05, 4.69) is 17.1 Å². The summed E-state index contributed by atoms with van der Waals surface area (Å²) in [6, 6.07) is 0.200. The van der Waals surface area contributed by atoms with Crippen molar-refractivity contribution < 1.29 is 9.53 Å². The Bertz CT molecular complexity index is 298. The molecule has 2 aliphatic rings. The number of nitrogens with zero attached hydrogens (tertiary/aromatic N) is 1. The first-order valence-corrected chi connectivity index (χ1v) is 7.56. The number of morpholine rings is 1. The van der Waals surface area contributed by atoms with Crippen LogP contribution in [-0.2, 0) is 9.53 Å². The van der Waals surface area contributed by atoms with Crippen molar-refractivity contribution in [1.82, 2.24) is 10.2 Å². The van der Waals surface area contributed by atoms with E-state index in [0.717, 1.165) is 51.9 Å². The number of hydrogen-bond acceptors (Lipinski definition) is 4. The molecule has 1 saturated heterocycles. The van der Waals surface area contributed by atoms with Gasteiger partial charge in [-0.2, -0.15) is 0 Å². The van der Waals surface area contributed by atoms with E-state index in [-0.39, 0.29) is 24.0 Å². The van der Waals surface area contributed by atoms with Crippen LogP contribution < -0.4 is 11.1 Å². The summed E-state index contributed by atoms with van der Waals surface area (Å²) < 4.78 is 5.69. The predicted molar refractivity (Wildman–Crippen MR) is 74.8 cm³/mol. The molecule has 1 amide bonds. The van der Waals surface area contributed by atoms with Crippen LogP contribution in [0, 0.1) is 5.92 Å². The minimum absolute atomic E-state index is 0.106. The van der Waals surface area contributed by atoms with Crippen LogP contribution in [0.4, 0.5) is 0 Å². The molecule has 1 aliphatic carbocycles. The third kappa shape index (κ3) is 4.44. The van der Waals surface area contributed by atoms with E-state index < -0.39 is 0 Å². The number of nitrogens with one attached hydrogen (secondary N) is 1. The number of hydrogen-bond donors (Lipinski definition) is 2. The van der Waals surface area contributed by atoms with E-state index in [9.17, 15) is 4.79 Å². The molecular formula is C14H27N3O2. The Morgan fingerprint density at radius 2 is 2.32 bits per heavy atom. The molecule has 2 rings (SSSR count). The molecule has 0 aromatic rings. The molecule has 1 saturated carbocycles. The molecule has 5 heteroatoms. The zero-order chi connectivity index (χ0) is 13.7. The van der Waals surface area contributed by atoms with E-state index in [1.165, 1.54) is 0 Å². The van der Waals surface area contributed by atoms with Gasteiger partial charge in [0.05, 0.1) is 12.7 Å². The van der Waals surface area contributed by atoms with Crippen molar-refractivity contribution in [3.63, 3.8) is 0 Å². The van der Waals surface area contributed by atoms with Crippen molar-refractivity contribution in [3.05, 3.63) is 0 Å². The summed E-state index contributed by atoms with van der Waals surface area (Å²) in [6.07, 6.45) is 4.07. The highest BCUT2D eigenvalue weighted by molar-refractivity contribution is 5.78. The van der Waals surface area contributed by atoms with Crippen LogP contribution in [0.2, 0.25) is 0 Å². The molecule has 3 N–H and O–H groups in total. The zero-order valence-corrected chi connectivity index (χ0v) is 11.9. The largest absolute Gasteiger partial charge is 0.374 e. The molecule has 3 unspecified atom stereocenters. The van der Waals surface area contributed by atoms with Crippen LogP contribution in [-0.4, -0.2) is 55.7 Å². The Balaban J connectivity index is 1.70. The number of ether oxygens (including phenoxy) is 1. The molecule has 110 valence electrons. The van der Waals surface area contributed by atoms with Crippen molar-refractivity contribution in [1.29, 1.82) is 0 Å². The lowest BCUT2D eigenvalue weighted by atomic mass is 9.85. The number of amides is 1. The lowest BCUT2D eigenvalue weighted by Crippen LogP contribution is -2.48. The van der Waals surface area contributed by atoms with Gasteiger partial charge in [-0.25, -0.2) is 0 Å². The highest BCUT2D eigenvalue weighted by Gasteiger charge is 2.26. The first-order chi connectivity index (χ1) is 9.19. The summed E-state index contributed by atoms with van der Waals surface area (Å²) in [4.78, 5) is 14.5. The molecule has 1 heterocycles. The molecule has 1 aliphatic heterocycles. The van der Waals surface area contributed by atoms with Gasteiger partial charge in [-0.15, -0.1) is 0 Å². The topological polar surface area (TPSA) is 67.6 Å². The monoisotopic (exact) mass is 269 g/mol. The van der Waals surface area contributed by atoms with Crippen molar-refractivity contribution in [3.8, 4) is 0 Å². The van der Waals surface area contributed by atoms with Crippen molar-refractivity contribution in [2.24, 2.45) is 11.7 Å². The van der Waals surface area contributed by atoms with Crippen molar-refractivity contribution in [2.75, 3.05) is 32.8 Å². The highest BCUT2D eigenvalue weighted by atomic mass is 16.5. The molecular weight excluding hydrogens is 242 g/mol. The van der Waals surface area contributed by atoms with E-state index in [1.54, 1.807) is 0 Å². The average molecular weight is 269 g/mol. The Morgan fingerprint density at radius 3 is 3.05 bits per heavy atom. The van der Waals surface area contributed by atoms with Crippen LogP contribution >= 0.6 is 0 Å². The van der Waals surface area contributed by atoms with Crippen LogP contribution in [0.1, 0.15) is 32.6 Å². The molecule has 19 heavy (non-hydrogen) atoms. The molecule has 0 radical (unpaired) electrons. The van der Waals surface area contributed by atoms with E-state index in [4.69, 9.17) is 10.5 Å². The maximum atomic E-state index is 12.1. The zero-order valence-electron chi connectivity index (χ0n) is 11.9. The van der Waals surface area contributed by atoms with Gasteiger partial charge in [0.1, 0.15) is 0 Å². The highest BCUT2D eigenvalue weighted by Crippen LogP contribution is 2.23. The van der Waals surface area contributed by atoms with Gasteiger partial charge >= 0.3 is 0 Å². The third-order valence-corrected chi connectivity index (χ3v) is 4.26. The second kappa shape index (κ2) is 7.22. The normalized spacial score (nSPS) is 33.1. The number of nitrogens with two attached hydrogens (primary N) is 1. The second-order valence-electron chi connectivity index (χ2n) is 5.75. The molecule has 0 bridgehead atoms. The maximum absolute atomic E-state index is 12.1. The Hall–Kier alpha value is -0.650. The Morgan fingerprint density at radius 1 is 1.47 bits per heavy atom. The molecule has 5 nitrogen and oxygen atoms in total. The smallest absolute Gasteiger partial charge is 0.223 e. The van der Waals surface area contributed by atoms with Gasteiger partial charge in [-0.05, 0) is 25.8 Å². The lowest BCUT2D eigenvalue weighted by molar-refractivity contribution is -0.127. The van der Waals surface area contributed by atoms with Gasteiger partial charge in [0.15, 0.2) is 0 Å². The predicted octanol–water partition coefficient (Wildman–Crippen LogP) is 0.341. The molecule has 0 aromatic heterocycles. The minimum atomic E-state index is 0.106. The standard InChI is InChI=1S/C14H27N3O2/c1-2-17-6-7-19-13(10-17)9-16-14(18)11-4-3-5-12(15)8-11/h11-13H,2-10,15H2,1H3,(H,16,18). The fourth-order valence-electron chi connectivity index (χ4n) is 3.02. The summed E-state index contributed by atoms with van der Waals surface area (Å²) in [5.74, 6) is 0.266. The summed E-state index contributed by atoms with van der Waals surface area (Å²) in [6.45, 7) is 6.51. The molecule has 3 atom stereocenters. The van der Waals surface area contributed by atoms with Crippen molar-refractivity contribution >= 4 is 5.91 Å². The fraction of sp³-hybridized carbons (Fsp3) is 0.929. The third-order valence-electron chi connectivity index (χ3n) is 4.26. The number of carbonyl (C=O) groups excluding carboxylic acids is 1. The average Bonchev–Trinajstić information content (AvgIpc) is 2.45. The first-order valence-electron chi connectivity index (χ1n) is 7.56. The van der Waals surface area contributed by atoms with Crippen LogP contribution in [0.25, 0.3) is 0 Å². The van der Waals surface area contributed by atoms with Crippen LogP contribution in [0.15, 0.2) is 0 Å². The van der Waals surface area contributed by atoms with Crippen molar-refractivity contribution in [2.45, 2.75) is 44.8 Å². The van der Waals surface area contributed by atoms with E-state index in [1.807, 2.05) is 0 Å². The van der Waals surface area contributed by atoms with E-state index in [0.29, 0.717) is 6.54 Å². The van der Waals surface area contributed by atoms with Gasteiger partial charge < -0.3 is 15.8 Å². The maximum Gasteiger partial charge on any atom is 0.223 e. The Kier molecular flexibility index (Phi) is 5.60. The quantitative estimate of drug-likeness (QED) is 0.772. The first kappa shape index (κ1) is 14.8. The molecule has 0 spiro atoms. The lowest BCUT2D eigenvalue weighted by Gasteiger charge is -2.32. The summed E-state index contributed by atoms with van der Waals surface area (Å²) in [5, 5.41) is 3.04. The SMILES string of the molecule is CCN1CCOC(CNC(=O)C2CCCC(N)C2)C1. The summed E-state index contributed by atoms with van der Waals surface area (Å²) in [7, 11) is 0. The van der Waals surface area contributed by atoms with Gasteiger partial charge in [-0.1, -0.05) is 13.3 Å². The molecule has 2 fully saturated rings. The second-order valence-corrected chi connectivity index (χ2v) is 5.75. The van der Waals surface area contributed by atoms with E-state index >= 15 is 0 Å². The minimum Gasteiger partial charge on any atom is -0.374 e. The Labute approximate surface area is 115 Å². The van der Waals surface area contributed by atoms with Gasteiger partial charge in [0.25, 0.3) is 0 Å². The fourth-order valence-corrected chi connectivity index (χ4v) is 3.02. The number of rotatable bonds is 4. The molecule has 0 aromatic carbocycles.